The second-order valence-electron chi connectivity index (χ2n) is 13.4. The molecular weight excluding hydrogens is 566 g/mol. The molecule has 3 N–H and O–H groups in total. The summed E-state index contributed by atoms with van der Waals surface area (Å²) in [7, 11) is 6.93. The number of nitrogens with one attached hydrogen (secondary N) is 3. The normalized spacial score (nSPS) is 20.7. The maximum absolute atomic E-state index is 13.2. The van der Waals surface area contributed by atoms with Crippen molar-refractivity contribution in [1.82, 2.24) is 25.3 Å². The van der Waals surface area contributed by atoms with Gasteiger partial charge in [-0.2, -0.15) is 5.26 Å². The molecule has 0 bridgehead atoms. The highest BCUT2D eigenvalue weighted by Gasteiger charge is 2.54. The monoisotopic (exact) mass is 611 g/mol. The lowest BCUT2D eigenvalue weighted by molar-refractivity contribution is -0.131. The second kappa shape index (κ2) is 12.6. The largest absolute Gasteiger partial charge is 0.371 e. The summed E-state index contributed by atoms with van der Waals surface area (Å²) in [5.74, 6) is 0.553. The van der Waals surface area contributed by atoms with Gasteiger partial charge in [-0.1, -0.05) is 12.1 Å². The number of carbonyl (C=O) groups excluding carboxylic acids is 3. The number of nitriles is 1. The van der Waals surface area contributed by atoms with Crippen molar-refractivity contribution in [1.29, 1.82) is 10.7 Å². The molecule has 2 aromatic carbocycles. The first-order valence-corrected chi connectivity index (χ1v) is 15.9. The van der Waals surface area contributed by atoms with Crippen LogP contribution in [-0.2, 0) is 23.1 Å². The summed E-state index contributed by atoms with van der Waals surface area (Å²) in [5.41, 5.74) is 4.11. The molecule has 0 aromatic heterocycles. The Morgan fingerprint density at radius 2 is 1.53 bits per heavy atom. The molecule has 0 spiro atoms. The number of hydrogen-bond donors (Lipinski definition) is 3. The zero-order valence-electron chi connectivity index (χ0n) is 27.2. The highest BCUT2D eigenvalue weighted by Crippen LogP contribution is 2.47. The molecular formula is C35H45N7O3. The fourth-order valence-electron chi connectivity index (χ4n) is 7.20. The number of amides is 3. The Kier molecular flexibility index (Phi) is 9.04. The van der Waals surface area contributed by atoms with E-state index in [4.69, 9.17) is 0 Å². The minimum absolute atomic E-state index is 0.00665. The van der Waals surface area contributed by atoms with Crippen LogP contribution in [0.2, 0.25) is 0 Å². The zero-order chi connectivity index (χ0) is 32.6. The standard InChI is InChI=1S/C35H45N7O3/c1-21(2)39-34(37)35(13-14-38-20-31(43)42-27(19-36)17-26-18-30(26)42)28-11-9-24(32(44)40(3)4)15-22(28)7-8-23-16-25(10-12-29(23)35)33(45)41(5)6/h9-12,15-16,21,26-27,30,38H,7-8,13-14,17-18,20H2,1-6H3,(H2,37,39)/t26-,27?,30+/m1/s1. The van der Waals surface area contributed by atoms with Crippen molar-refractivity contribution in [2.45, 2.75) is 69.5 Å². The van der Waals surface area contributed by atoms with E-state index >= 15 is 0 Å². The topological polar surface area (TPSA) is 133 Å². The zero-order valence-corrected chi connectivity index (χ0v) is 27.2. The van der Waals surface area contributed by atoms with Crippen LogP contribution in [0, 0.1) is 22.7 Å². The number of carbonyl (C=O) groups is 3. The van der Waals surface area contributed by atoms with Crippen molar-refractivity contribution in [3.63, 3.8) is 0 Å². The van der Waals surface area contributed by atoms with Gasteiger partial charge < -0.3 is 25.3 Å². The van der Waals surface area contributed by atoms with Gasteiger partial charge in [0.1, 0.15) is 11.9 Å². The summed E-state index contributed by atoms with van der Waals surface area (Å²) < 4.78 is 0. The van der Waals surface area contributed by atoms with Crippen molar-refractivity contribution < 1.29 is 14.4 Å². The first-order chi connectivity index (χ1) is 21.4. The first-order valence-electron chi connectivity index (χ1n) is 15.9. The quantitative estimate of drug-likeness (QED) is 0.227. The summed E-state index contributed by atoms with van der Waals surface area (Å²) >= 11 is 0. The number of nitrogens with zero attached hydrogens (tertiary/aromatic N) is 4. The predicted octanol–water partition coefficient (Wildman–Crippen LogP) is 2.94. The van der Waals surface area contributed by atoms with Crippen LogP contribution >= 0.6 is 0 Å². The fraction of sp³-hybridized carbons (Fsp3) is 0.514. The van der Waals surface area contributed by atoms with Crippen LogP contribution in [0.1, 0.15) is 76.1 Å². The number of benzene rings is 2. The maximum Gasteiger partial charge on any atom is 0.253 e. The molecule has 3 aliphatic rings. The third-order valence-electron chi connectivity index (χ3n) is 9.45. The van der Waals surface area contributed by atoms with E-state index in [1.54, 1.807) is 42.9 Å². The van der Waals surface area contributed by atoms with E-state index in [-0.39, 0.29) is 42.4 Å². The fourth-order valence-corrected chi connectivity index (χ4v) is 7.20. The third-order valence-corrected chi connectivity index (χ3v) is 9.45. The second-order valence-corrected chi connectivity index (χ2v) is 13.4. The van der Waals surface area contributed by atoms with E-state index in [1.807, 2.05) is 50.2 Å². The van der Waals surface area contributed by atoms with Crippen LogP contribution in [0.3, 0.4) is 0 Å². The van der Waals surface area contributed by atoms with E-state index in [0.717, 1.165) is 35.1 Å². The van der Waals surface area contributed by atoms with Crippen LogP contribution in [0.25, 0.3) is 0 Å². The van der Waals surface area contributed by atoms with Gasteiger partial charge in [-0.3, -0.25) is 19.8 Å². The average Bonchev–Trinajstić information content (AvgIpc) is 3.70. The van der Waals surface area contributed by atoms with Gasteiger partial charge in [-0.05, 0) is 105 Å². The number of piperidine rings is 1. The Morgan fingerprint density at radius 1 is 0.978 bits per heavy atom. The minimum Gasteiger partial charge on any atom is -0.371 e. The summed E-state index contributed by atoms with van der Waals surface area (Å²) in [6.07, 6.45) is 3.50. The van der Waals surface area contributed by atoms with Crippen LogP contribution in [-0.4, -0.2) is 97.7 Å². The molecule has 1 saturated heterocycles. The van der Waals surface area contributed by atoms with Gasteiger partial charge in [0.2, 0.25) is 5.91 Å². The summed E-state index contributed by atoms with van der Waals surface area (Å²) in [5, 5.41) is 25.9. The number of aryl methyl sites for hydroxylation is 2. The SMILES string of the molecule is CC(C)NC(=N)C1(CCNCC(=O)N2C(C#N)C[C@@H]3C[C@@H]32)c2ccc(C(=O)N(C)C)cc2CCc2cc(C(=O)N(C)C)ccc21. The number of fused-ring (bicyclic) bond motifs is 3. The van der Waals surface area contributed by atoms with Gasteiger partial charge in [-0.25, -0.2) is 0 Å². The molecule has 1 heterocycles. The molecule has 10 heteroatoms. The third kappa shape index (κ3) is 6.06. The van der Waals surface area contributed by atoms with E-state index in [1.165, 1.54) is 0 Å². The minimum atomic E-state index is -0.925. The molecule has 0 radical (unpaired) electrons. The lowest BCUT2D eigenvalue weighted by Crippen LogP contribution is -2.50. The van der Waals surface area contributed by atoms with Crippen LogP contribution in [0.15, 0.2) is 36.4 Å². The van der Waals surface area contributed by atoms with Crippen LogP contribution in [0.5, 0.6) is 0 Å². The first kappa shape index (κ1) is 32.2. The Morgan fingerprint density at radius 3 is 2.02 bits per heavy atom. The van der Waals surface area contributed by atoms with E-state index < -0.39 is 5.41 Å². The summed E-state index contributed by atoms with van der Waals surface area (Å²) in [6.45, 7) is 4.56. The molecule has 45 heavy (non-hydrogen) atoms. The predicted molar refractivity (Wildman–Crippen MR) is 173 cm³/mol. The molecule has 238 valence electrons. The van der Waals surface area contributed by atoms with E-state index in [9.17, 15) is 25.1 Å². The van der Waals surface area contributed by atoms with Gasteiger partial charge in [0, 0.05) is 51.4 Å². The van der Waals surface area contributed by atoms with Gasteiger partial charge in [-0.15, -0.1) is 0 Å². The molecule has 1 saturated carbocycles. The number of likely N-dealkylation sites (tertiary alicyclic amines) is 1. The van der Waals surface area contributed by atoms with E-state index in [2.05, 4.69) is 16.7 Å². The van der Waals surface area contributed by atoms with Crippen molar-refractivity contribution in [2.75, 3.05) is 41.3 Å². The lowest BCUT2D eigenvalue weighted by Gasteiger charge is -2.38. The molecule has 3 amide bonds. The molecule has 5 rings (SSSR count). The Labute approximate surface area is 266 Å². The number of amidine groups is 1. The molecule has 1 unspecified atom stereocenters. The number of rotatable bonds is 9. The van der Waals surface area contributed by atoms with E-state index in [0.29, 0.717) is 48.7 Å². The Hall–Kier alpha value is -4.23. The van der Waals surface area contributed by atoms with Gasteiger partial charge in [0.05, 0.1) is 18.0 Å². The smallest absolute Gasteiger partial charge is 0.253 e. The van der Waals surface area contributed by atoms with Gasteiger partial charge in [0.25, 0.3) is 11.8 Å². The molecule has 3 atom stereocenters. The Balaban J connectivity index is 1.55. The van der Waals surface area contributed by atoms with Crippen molar-refractivity contribution in [2.24, 2.45) is 5.92 Å². The van der Waals surface area contributed by atoms with Crippen molar-refractivity contribution >= 4 is 23.6 Å². The molecule has 10 nitrogen and oxygen atoms in total. The van der Waals surface area contributed by atoms with Crippen LogP contribution < -0.4 is 10.6 Å². The lowest BCUT2D eigenvalue weighted by atomic mass is 9.68. The van der Waals surface area contributed by atoms with Crippen LogP contribution in [0.4, 0.5) is 0 Å². The average molecular weight is 612 g/mol. The highest BCUT2D eigenvalue weighted by molar-refractivity contribution is 5.98. The number of hydrogen-bond acceptors (Lipinski definition) is 6. The van der Waals surface area contributed by atoms with Gasteiger partial charge >= 0.3 is 0 Å². The van der Waals surface area contributed by atoms with Crippen molar-refractivity contribution in [3.8, 4) is 6.07 Å². The molecule has 1 aliphatic heterocycles. The maximum atomic E-state index is 13.2. The molecule has 2 aromatic rings. The molecule has 2 aliphatic carbocycles. The van der Waals surface area contributed by atoms with Crippen molar-refractivity contribution in [3.05, 3.63) is 69.8 Å². The summed E-state index contributed by atoms with van der Waals surface area (Å²) in [6, 6.07) is 13.7. The Bertz CT molecular complexity index is 1490. The highest BCUT2D eigenvalue weighted by atomic mass is 16.2. The van der Waals surface area contributed by atoms with Gasteiger partial charge in [0.15, 0.2) is 0 Å². The molecule has 2 fully saturated rings. The summed E-state index contributed by atoms with van der Waals surface area (Å²) in [4.78, 5) is 44.0.